The van der Waals surface area contributed by atoms with E-state index >= 15 is 0 Å². The first kappa shape index (κ1) is 25.9. The molecule has 0 radical (unpaired) electrons. The Bertz CT molecular complexity index is 1900. The van der Waals surface area contributed by atoms with Crippen molar-refractivity contribution in [2.75, 3.05) is 0 Å². The number of carbonyl (C=O) groups is 1. The van der Waals surface area contributed by atoms with Crippen LogP contribution in [0, 0.1) is 24.1 Å². The summed E-state index contributed by atoms with van der Waals surface area (Å²) in [6, 6.07) is 18.8. The highest BCUT2D eigenvalue weighted by atomic mass is 32.2. The average Bonchev–Trinajstić information content (AvgIpc) is 3.65. The maximum atomic E-state index is 14.7. The minimum absolute atomic E-state index is 0.00774. The van der Waals surface area contributed by atoms with E-state index < -0.39 is 5.97 Å². The molecule has 0 spiro atoms. The number of thiophene rings is 1. The number of carboxylic acid groups (broad SMARTS) is 1. The monoisotopic (exact) mass is 566 g/mol. The Balaban J connectivity index is 1.62. The Labute approximate surface area is 238 Å². The Kier molecular flexibility index (Phi) is 6.66. The van der Waals surface area contributed by atoms with Gasteiger partial charge in [0, 0.05) is 28.5 Å². The number of allylic oxidation sites excluding steroid dienone is 4. The molecule has 0 saturated carbocycles. The summed E-state index contributed by atoms with van der Waals surface area (Å²) >= 11 is 2.90. The van der Waals surface area contributed by atoms with Crippen molar-refractivity contribution in [3.05, 3.63) is 105 Å². The SMILES string of the molecule is Cc1ccc(Sn2c(C3=CCCC(c4cc(C(=O)O)nn4C)=C3)c(-c3ccsc3C#N)c3cc(F)ccc32)cc1. The number of aromatic nitrogens is 3. The number of benzene rings is 2. The van der Waals surface area contributed by atoms with Crippen molar-refractivity contribution < 1.29 is 14.3 Å². The molecule has 3 aromatic heterocycles. The third-order valence-electron chi connectivity index (χ3n) is 6.95. The van der Waals surface area contributed by atoms with Gasteiger partial charge in [-0.3, -0.25) is 8.65 Å². The van der Waals surface area contributed by atoms with Crippen molar-refractivity contribution in [3.63, 3.8) is 0 Å². The molecule has 0 bridgehead atoms. The average molecular weight is 567 g/mol. The van der Waals surface area contributed by atoms with E-state index in [1.54, 1.807) is 35.8 Å². The van der Waals surface area contributed by atoms with E-state index in [1.807, 2.05) is 18.4 Å². The molecule has 5 aromatic rings. The second-order valence-electron chi connectivity index (χ2n) is 9.57. The van der Waals surface area contributed by atoms with Gasteiger partial charge in [0.15, 0.2) is 5.69 Å². The quantitative estimate of drug-likeness (QED) is 0.226. The van der Waals surface area contributed by atoms with Crippen LogP contribution < -0.4 is 0 Å². The summed E-state index contributed by atoms with van der Waals surface area (Å²) < 4.78 is 18.4. The standard InChI is InChI=1S/C31H23FN4O2S2/c1-18-6-9-22(10-7-18)40-36-26-11-8-21(32)15-24(26)29(23-12-13-39-28(23)17-33)30(36)20-5-3-4-19(14-20)27-16-25(31(37)38)34-35(27)2/h5-16H,3-4H2,1-2H3,(H,37,38). The van der Waals surface area contributed by atoms with E-state index in [-0.39, 0.29) is 11.5 Å². The minimum Gasteiger partial charge on any atom is -0.476 e. The van der Waals surface area contributed by atoms with Gasteiger partial charge in [0.1, 0.15) is 16.8 Å². The highest BCUT2D eigenvalue weighted by molar-refractivity contribution is 7.98. The number of aromatic carboxylic acids is 1. The summed E-state index contributed by atoms with van der Waals surface area (Å²) in [5, 5.41) is 26.2. The highest BCUT2D eigenvalue weighted by Crippen LogP contribution is 2.46. The minimum atomic E-state index is -1.07. The number of halogens is 1. The molecule has 0 atom stereocenters. The Morgan fingerprint density at radius 2 is 1.98 bits per heavy atom. The van der Waals surface area contributed by atoms with E-state index in [1.165, 1.54) is 23.5 Å². The number of hydrogen-bond donors (Lipinski definition) is 1. The van der Waals surface area contributed by atoms with Crippen molar-refractivity contribution in [2.24, 2.45) is 7.05 Å². The zero-order valence-corrected chi connectivity index (χ0v) is 23.3. The maximum Gasteiger partial charge on any atom is 0.356 e. The van der Waals surface area contributed by atoms with Gasteiger partial charge in [0.2, 0.25) is 0 Å². The van der Waals surface area contributed by atoms with Gasteiger partial charge in [0.25, 0.3) is 0 Å². The molecule has 0 fully saturated rings. The Hall–Kier alpha value is -4.39. The third kappa shape index (κ3) is 4.55. The normalized spacial score (nSPS) is 13.2. The lowest BCUT2D eigenvalue weighted by Gasteiger charge is -2.18. The van der Waals surface area contributed by atoms with Crippen LogP contribution in [0.1, 0.15) is 45.2 Å². The molecule has 1 aliphatic carbocycles. The fraction of sp³-hybridized carbons (Fsp3) is 0.129. The first-order valence-electron chi connectivity index (χ1n) is 12.6. The molecule has 0 aliphatic heterocycles. The molecule has 1 aliphatic rings. The maximum absolute atomic E-state index is 14.7. The lowest BCUT2D eigenvalue weighted by atomic mass is 9.92. The van der Waals surface area contributed by atoms with Crippen LogP contribution in [0.2, 0.25) is 0 Å². The zero-order valence-electron chi connectivity index (χ0n) is 21.7. The van der Waals surface area contributed by atoms with Crippen LogP contribution in [-0.2, 0) is 7.05 Å². The smallest absolute Gasteiger partial charge is 0.356 e. The summed E-state index contributed by atoms with van der Waals surface area (Å²) in [5.41, 5.74) is 7.01. The Morgan fingerprint density at radius 1 is 1.18 bits per heavy atom. The van der Waals surface area contributed by atoms with E-state index in [0.29, 0.717) is 4.88 Å². The predicted octanol–water partition coefficient (Wildman–Crippen LogP) is 7.94. The molecule has 40 heavy (non-hydrogen) atoms. The summed E-state index contributed by atoms with van der Waals surface area (Å²) in [6.45, 7) is 2.04. The van der Waals surface area contributed by atoms with Gasteiger partial charge in [-0.05, 0) is 96.8 Å². The van der Waals surface area contributed by atoms with Gasteiger partial charge >= 0.3 is 5.97 Å². The van der Waals surface area contributed by atoms with Gasteiger partial charge in [-0.15, -0.1) is 11.3 Å². The molecule has 6 rings (SSSR count). The van der Waals surface area contributed by atoms with Crippen LogP contribution in [0.15, 0.2) is 77.0 Å². The van der Waals surface area contributed by atoms with Crippen LogP contribution in [0.25, 0.3) is 33.2 Å². The number of hydrogen-bond acceptors (Lipinski definition) is 5. The summed E-state index contributed by atoms with van der Waals surface area (Å²) in [4.78, 5) is 13.1. The van der Waals surface area contributed by atoms with Crippen molar-refractivity contribution >= 4 is 51.3 Å². The molecule has 6 nitrogen and oxygen atoms in total. The van der Waals surface area contributed by atoms with E-state index in [0.717, 1.165) is 67.9 Å². The van der Waals surface area contributed by atoms with Crippen molar-refractivity contribution in [2.45, 2.75) is 24.7 Å². The lowest BCUT2D eigenvalue weighted by molar-refractivity contribution is 0.0689. The molecule has 198 valence electrons. The third-order valence-corrected chi connectivity index (χ3v) is 8.81. The first-order chi connectivity index (χ1) is 19.3. The van der Waals surface area contributed by atoms with Crippen molar-refractivity contribution in [1.82, 2.24) is 13.8 Å². The van der Waals surface area contributed by atoms with Gasteiger partial charge in [-0.1, -0.05) is 23.8 Å². The highest BCUT2D eigenvalue weighted by Gasteiger charge is 2.26. The Morgan fingerprint density at radius 3 is 2.70 bits per heavy atom. The summed E-state index contributed by atoms with van der Waals surface area (Å²) in [7, 11) is 1.74. The van der Waals surface area contributed by atoms with Crippen LogP contribution in [0.5, 0.6) is 0 Å². The molecule has 9 heteroatoms. The second kappa shape index (κ2) is 10.3. The largest absolute Gasteiger partial charge is 0.476 e. The van der Waals surface area contributed by atoms with E-state index in [2.05, 4.69) is 51.6 Å². The molecule has 2 aromatic carbocycles. The molecule has 0 saturated heterocycles. The molecule has 0 amide bonds. The molecular formula is C31H23FN4O2S2. The lowest BCUT2D eigenvalue weighted by Crippen LogP contribution is -2.03. The fourth-order valence-electron chi connectivity index (χ4n) is 5.10. The van der Waals surface area contributed by atoms with Crippen LogP contribution >= 0.6 is 23.3 Å². The second-order valence-corrected chi connectivity index (χ2v) is 11.5. The first-order valence-corrected chi connectivity index (χ1v) is 14.2. The van der Waals surface area contributed by atoms with Gasteiger partial charge in [-0.25, -0.2) is 9.18 Å². The van der Waals surface area contributed by atoms with Gasteiger partial charge in [-0.2, -0.15) is 10.4 Å². The van der Waals surface area contributed by atoms with Crippen LogP contribution in [0.3, 0.4) is 0 Å². The number of rotatable bonds is 6. The number of nitriles is 1. The summed E-state index contributed by atoms with van der Waals surface area (Å²) in [5.74, 6) is -1.43. The van der Waals surface area contributed by atoms with E-state index in [4.69, 9.17) is 0 Å². The van der Waals surface area contributed by atoms with Crippen LogP contribution in [0.4, 0.5) is 4.39 Å². The molecule has 0 unspecified atom stereocenters. The van der Waals surface area contributed by atoms with Crippen LogP contribution in [-0.4, -0.2) is 24.8 Å². The number of carboxylic acids is 1. The number of aryl methyl sites for hydroxylation is 2. The fourth-order valence-corrected chi connectivity index (χ4v) is 6.81. The predicted molar refractivity (Wildman–Crippen MR) is 158 cm³/mol. The topological polar surface area (TPSA) is 83.8 Å². The van der Waals surface area contributed by atoms with Gasteiger partial charge in [0.05, 0.1) is 16.9 Å². The molecule has 3 heterocycles. The van der Waals surface area contributed by atoms with E-state index in [9.17, 15) is 19.6 Å². The van der Waals surface area contributed by atoms with Gasteiger partial charge < -0.3 is 5.11 Å². The van der Waals surface area contributed by atoms with Crippen molar-refractivity contribution in [3.8, 4) is 17.2 Å². The molecule has 1 N–H and O–H groups in total. The van der Waals surface area contributed by atoms with Crippen molar-refractivity contribution in [1.29, 1.82) is 5.26 Å². The number of nitrogens with zero attached hydrogens (tertiary/aromatic N) is 4. The number of fused-ring (bicyclic) bond motifs is 1. The summed E-state index contributed by atoms with van der Waals surface area (Å²) in [6.07, 6.45) is 5.66. The molecular weight excluding hydrogens is 543 g/mol. The zero-order chi connectivity index (χ0) is 28.0.